The Morgan fingerprint density at radius 1 is 1.07 bits per heavy atom. The molecule has 0 bridgehead atoms. The molecule has 3 aromatic rings. The van der Waals surface area contributed by atoms with Gasteiger partial charge in [-0.15, -0.1) is 0 Å². The fourth-order valence-electron chi connectivity index (χ4n) is 3.34. The van der Waals surface area contributed by atoms with Crippen molar-refractivity contribution in [2.24, 2.45) is 7.05 Å². The zero-order chi connectivity index (χ0) is 22.0. The van der Waals surface area contributed by atoms with Crippen molar-refractivity contribution in [2.75, 3.05) is 5.32 Å². The van der Waals surface area contributed by atoms with Gasteiger partial charge in [0.2, 0.25) is 5.91 Å². The van der Waals surface area contributed by atoms with E-state index in [0.717, 1.165) is 11.3 Å². The van der Waals surface area contributed by atoms with Crippen molar-refractivity contribution in [3.05, 3.63) is 80.2 Å². The number of carbonyl (C=O) groups excluding carboxylic acids is 1. The summed E-state index contributed by atoms with van der Waals surface area (Å²) in [6.07, 6.45) is 0. The highest BCUT2D eigenvalue weighted by atomic mass is 35.5. The minimum Gasteiger partial charge on any atom is -0.319 e. The summed E-state index contributed by atoms with van der Waals surface area (Å²) in [5.41, 5.74) is 2.21. The molecular formula is C22H24Cl2N4O2. The van der Waals surface area contributed by atoms with Gasteiger partial charge in [-0.05, 0) is 50.6 Å². The summed E-state index contributed by atoms with van der Waals surface area (Å²) >= 11 is 12.2. The predicted octanol–water partition coefficient (Wildman–Crippen LogP) is 4.47. The lowest BCUT2D eigenvalue weighted by molar-refractivity contribution is -0.117. The number of amides is 1. The van der Waals surface area contributed by atoms with Crippen LogP contribution in [0.1, 0.15) is 31.1 Å². The minimum atomic E-state index is -0.559. The fourth-order valence-corrected chi connectivity index (χ4v) is 3.91. The van der Waals surface area contributed by atoms with Crippen LogP contribution in [0, 0.1) is 6.92 Å². The summed E-state index contributed by atoms with van der Waals surface area (Å²) in [4.78, 5) is 25.8. The third-order valence-corrected chi connectivity index (χ3v) is 5.69. The van der Waals surface area contributed by atoms with E-state index in [1.54, 1.807) is 37.7 Å². The van der Waals surface area contributed by atoms with E-state index in [-0.39, 0.29) is 23.2 Å². The lowest BCUT2D eigenvalue weighted by Crippen LogP contribution is -2.40. The number of nitrogens with one attached hydrogen (secondary N) is 2. The first-order chi connectivity index (χ1) is 14.2. The van der Waals surface area contributed by atoms with Gasteiger partial charge in [-0.3, -0.25) is 19.6 Å². The molecule has 0 aliphatic rings. The summed E-state index contributed by atoms with van der Waals surface area (Å²) in [6.45, 7) is 5.45. The van der Waals surface area contributed by atoms with Gasteiger partial charge in [-0.1, -0.05) is 47.5 Å². The van der Waals surface area contributed by atoms with Gasteiger partial charge >= 0.3 is 0 Å². The Morgan fingerprint density at radius 3 is 2.37 bits per heavy atom. The average Bonchev–Trinajstić information content (AvgIpc) is 2.91. The molecule has 0 saturated heterocycles. The number of hydrogen-bond donors (Lipinski definition) is 2. The molecule has 158 valence electrons. The Bertz CT molecular complexity index is 1120. The molecule has 0 fully saturated rings. The number of rotatable bonds is 6. The highest BCUT2D eigenvalue weighted by molar-refractivity contribution is 6.35. The van der Waals surface area contributed by atoms with Crippen LogP contribution in [0.5, 0.6) is 0 Å². The molecule has 0 aliphatic carbocycles. The summed E-state index contributed by atoms with van der Waals surface area (Å²) in [7, 11) is 1.78. The van der Waals surface area contributed by atoms with E-state index in [1.165, 1.54) is 4.68 Å². The molecule has 0 spiro atoms. The summed E-state index contributed by atoms with van der Waals surface area (Å²) in [6, 6.07) is 13.8. The van der Waals surface area contributed by atoms with Crippen molar-refractivity contribution in [2.45, 2.75) is 32.9 Å². The quantitative estimate of drug-likeness (QED) is 0.586. The standard InChI is InChI=1S/C22H24Cl2N4O2/c1-13(18-11-10-16(23)12-19(18)24)25-14(2)21(29)26-20-15(3)27(4)28(22(20)30)17-8-6-5-7-9-17/h5-14,25H,1-4H3,(H,26,29). The molecule has 2 N–H and O–H groups in total. The van der Waals surface area contributed by atoms with Crippen LogP contribution in [0.25, 0.3) is 5.69 Å². The summed E-state index contributed by atoms with van der Waals surface area (Å²) in [5.74, 6) is -0.307. The van der Waals surface area contributed by atoms with E-state index >= 15 is 0 Å². The van der Waals surface area contributed by atoms with Crippen LogP contribution < -0.4 is 16.2 Å². The fraction of sp³-hybridized carbons (Fsp3) is 0.273. The predicted molar refractivity (Wildman–Crippen MR) is 122 cm³/mol. The summed E-state index contributed by atoms with van der Waals surface area (Å²) < 4.78 is 3.25. The molecule has 1 aromatic heterocycles. The Hall–Kier alpha value is -2.54. The van der Waals surface area contributed by atoms with Crippen LogP contribution >= 0.6 is 23.2 Å². The molecule has 2 unspecified atom stereocenters. The van der Waals surface area contributed by atoms with Crippen LogP contribution in [-0.4, -0.2) is 21.3 Å². The number of carbonyl (C=O) groups is 1. The normalized spacial score (nSPS) is 13.1. The van der Waals surface area contributed by atoms with E-state index in [9.17, 15) is 9.59 Å². The molecule has 0 aliphatic heterocycles. The number of anilines is 1. The second-order valence-electron chi connectivity index (χ2n) is 7.20. The van der Waals surface area contributed by atoms with E-state index in [4.69, 9.17) is 23.2 Å². The highest BCUT2D eigenvalue weighted by Gasteiger charge is 2.22. The van der Waals surface area contributed by atoms with Gasteiger partial charge in [0, 0.05) is 23.1 Å². The largest absolute Gasteiger partial charge is 0.319 e. The maximum absolute atomic E-state index is 13.0. The van der Waals surface area contributed by atoms with Crippen molar-refractivity contribution in [1.82, 2.24) is 14.7 Å². The van der Waals surface area contributed by atoms with Crippen molar-refractivity contribution < 1.29 is 4.79 Å². The van der Waals surface area contributed by atoms with Gasteiger partial charge in [-0.25, -0.2) is 4.68 Å². The van der Waals surface area contributed by atoms with Gasteiger partial charge in [0.05, 0.1) is 17.4 Å². The Kier molecular flexibility index (Phi) is 6.71. The second-order valence-corrected chi connectivity index (χ2v) is 8.05. The Labute approximate surface area is 185 Å². The first kappa shape index (κ1) is 22.2. The molecule has 8 heteroatoms. The molecule has 1 heterocycles. The van der Waals surface area contributed by atoms with Crippen LogP contribution in [0.15, 0.2) is 53.3 Å². The third-order valence-electron chi connectivity index (χ3n) is 5.12. The number of nitrogens with zero attached hydrogens (tertiary/aromatic N) is 2. The zero-order valence-corrected chi connectivity index (χ0v) is 18.8. The SMILES string of the molecule is Cc1c(NC(=O)C(C)NC(C)c2ccc(Cl)cc2Cl)c(=O)n(-c2ccccc2)n1C. The molecular weight excluding hydrogens is 423 g/mol. The molecule has 30 heavy (non-hydrogen) atoms. The number of para-hydroxylation sites is 1. The van der Waals surface area contributed by atoms with Gasteiger partial charge in [-0.2, -0.15) is 0 Å². The van der Waals surface area contributed by atoms with Gasteiger partial charge in [0.15, 0.2) is 0 Å². The Morgan fingerprint density at radius 2 is 1.73 bits per heavy atom. The first-order valence-electron chi connectivity index (χ1n) is 9.56. The van der Waals surface area contributed by atoms with E-state index < -0.39 is 6.04 Å². The molecule has 6 nitrogen and oxygen atoms in total. The van der Waals surface area contributed by atoms with Crippen molar-refractivity contribution in [3.8, 4) is 5.69 Å². The van der Waals surface area contributed by atoms with Crippen LogP contribution in [0.4, 0.5) is 5.69 Å². The van der Waals surface area contributed by atoms with Crippen molar-refractivity contribution in [3.63, 3.8) is 0 Å². The summed E-state index contributed by atoms with van der Waals surface area (Å²) in [5, 5.41) is 7.07. The molecule has 2 atom stereocenters. The number of hydrogen-bond acceptors (Lipinski definition) is 3. The smallest absolute Gasteiger partial charge is 0.295 e. The van der Waals surface area contributed by atoms with Crippen LogP contribution in [0.3, 0.4) is 0 Å². The topological polar surface area (TPSA) is 68.1 Å². The average molecular weight is 447 g/mol. The number of benzene rings is 2. The third kappa shape index (κ3) is 4.46. The van der Waals surface area contributed by atoms with Crippen molar-refractivity contribution in [1.29, 1.82) is 0 Å². The second kappa shape index (κ2) is 9.08. The maximum atomic E-state index is 13.0. The first-order valence-corrected chi connectivity index (χ1v) is 10.3. The van der Waals surface area contributed by atoms with E-state index in [2.05, 4.69) is 10.6 Å². The molecule has 1 amide bonds. The van der Waals surface area contributed by atoms with Gasteiger partial charge < -0.3 is 5.32 Å². The van der Waals surface area contributed by atoms with Crippen molar-refractivity contribution >= 4 is 34.8 Å². The van der Waals surface area contributed by atoms with Crippen LogP contribution in [-0.2, 0) is 11.8 Å². The lowest BCUT2D eigenvalue weighted by Gasteiger charge is -2.20. The molecule has 0 radical (unpaired) electrons. The van der Waals surface area contributed by atoms with Crippen LogP contribution in [0.2, 0.25) is 10.0 Å². The zero-order valence-electron chi connectivity index (χ0n) is 17.2. The van der Waals surface area contributed by atoms with Gasteiger partial charge in [0.25, 0.3) is 5.56 Å². The molecule has 0 saturated carbocycles. The minimum absolute atomic E-state index is 0.187. The number of halogens is 2. The van der Waals surface area contributed by atoms with Gasteiger partial charge in [0.1, 0.15) is 5.69 Å². The molecule has 3 rings (SSSR count). The Balaban J connectivity index is 1.78. The monoisotopic (exact) mass is 446 g/mol. The maximum Gasteiger partial charge on any atom is 0.295 e. The lowest BCUT2D eigenvalue weighted by atomic mass is 10.1. The van der Waals surface area contributed by atoms with E-state index in [0.29, 0.717) is 15.7 Å². The number of aromatic nitrogens is 2. The molecule has 2 aromatic carbocycles. The highest BCUT2D eigenvalue weighted by Crippen LogP contribution is 2.26. The van der Waals surface area contributed by atoms with E-state index in [1.807, 2.05) is 43.3 Å².